The highest BCUT2D eigenvalue weighted by atomic mass is 32.2. The lowest BCUT2D eigenvalue weighted by Gasteiger charge is -2.16. The number of carbonyl (C=O) groups is 2. The zero-order chi connectivity index (χ0) is 19.2. The molecule has 0 fully saturated rings. The molecule has 140 valence electrons. The van der Waals surface area contributed by atoms with Gasteiger partial charge < -0.3 is 14.2 Å². The van der Waals surface area contributed by atoms with Crippen molar-refractivity contribution in [3.8, 4) is 5.75 Å². The zero-order valence-electron chi connectivity index (χ0n) is 14.5. The summed E-state index contributed by atoms with van der Waals surface area (Å²) in [5.41, 5.74) is -0.0792. The van der Waals surface area contributed by atoms with Gasteiger partial charge in [-0.05, 0) is 39.8 Å². The third-order valence-electron chi connectivity index (χ3n) is 2.73. The molecule has 0 spiro atoms. The number of benzene rings is 1. The van der Waals surface area contributed by atoms with Crippen molar-refractivity contribution in [2.45, 2.75) is 39.9 Å². The van der Waals surface area contributed by atoms with Gasteiger partial charge in [0.2, 0.25) is 0 Å². The number of hydrogen-bond donors (Lipinski definition) is 1. The Morgan fingerprint density at radius 3 is 1.80 bits per heavy atom. The van der Waals surface area contributed by atoms with E-state index in [4.69, 9.17) is 18.8 Å². The molecular formula is C16H22O8S. The highest BCUT2D eigenvalue weighted by Gasteiger charge is 2.24. The van der Waals surface area contributed by atoms with Gasteiger partial charge in [-0.1, -0.05) is 6.07 Å². The zero-order valence-corrected chi connectivity index (χ0v) is 15.3. The first kappa shape index (κ1) is 20.9. The van der Waals surface area contributed by atoms with Crippen LogP contribution >= 0.6 is 0 Å². The van der Waals surface area contributed by atoms with Crippen LogP contribution in [0.15, 0.2) is 18.2 Å². The van der Waals surface area contributed by atoms with Crippen LogP contribution in [-0.2, 0) is 19.6 Å². The SMILES string of the molecule is CC(C)OC(=O)c1cccc(C(=O)OC(C)C)c1OCCS(=O)(=O)O. The molecule has 1 aromatic carbocycles. The minimum Gasteiger partial charge on any atom is -0.491 e. The molecule has 0 unspecified atom stereocenters. The second kappa shape index (κ2) is 8.82. The lowest BCUT2D eigenvalue weighted by atomic mass is 10.1. The molecule has 25 heavy (non-hydrogen) atoms. The minimum absolute atomic E-state index is 0.0396. The molecule has 0 saturated heterocycles. The summed E-state index contributed by atoms with van der Waals surface area (Å²) in [7, 11) is -4.26. The summed E-state index contributed by atoms with van der Waals surface area (Å²) in [6, 6.07) is 4.24. The van der Waals surface area contributed by atoms with Crippen LogP contribution in [0, 0.1) is 0 Å². The molecular weight excluding hydrogens is 352 g/mol. The third-order valence-corrected chi connectivity index (χ3v) is 3.41. The normalized spacial score (nSPS) is 11.5. The summed E-state index contributed by atoms with van der Waals surface area (Å²) in [6.45, 7) is 6.19. The summed E-state index contributed by atoms with van der Waals surface area (Å²) in [5.74, 6) is -2.30. The van der Waals surface area contributed by atoms with Gasteiger partial charge >= 0.3 is 11.9 Å². The predicted molar refractivity (Wildman–Crippen MR) is 89.5 cm³/mol. The lowest BCUT2D eigenvalue weighted by Crippen LogP contribution is -2.19. The van der Waals surface area contributed by atoms with E-state index in [1.54, 1.807) is 27.7 Å². The van der Waals surface area contributed by atoms with E-state index >= 15 is 0 Å². The molecule has 0 aliphatic heterocycles. The van der Waals surface area contributed by atoms with Gasteiger partial charge in [0, 0.05) is 0 Å². The van der Waals surface area contributed by atoms with Crippen LogP contribution in [0.3, 0.4) is 0 Å². The summed E-state index contributed by atoms with van der Waals surface area (Å²) in [4.78, 5) is 24.4. The van der Waals surface area contributed by atoms with Crippen molar-refractivity contribution >= 4 is 22.1 Å². The third kappa shape index (κ3) is 7.10. The van der Waals surface area contributed by atoms with Crippen LogP contribution in [0.4, 0.5) is 0 Å². The Bertz CT molecular complexity index is 681. The lowest BCUT2D eigenvalue weighted by molar-refractivity contribution is 0.0369. The molecule has 8 nitrogen and oxygen atoms in total. The van der Waals surface area contributed by atoms with Crippen LogP contribution in [0.5, 0.6) is 5.75 Å². The quantitative estimate of drug-likeness (QED) is 0.543. The molecule has 1 aromatic rings. The Morgan fingerprint density at radius 2 is 1.44 bits per heavy atom. The fraction of sp³-hybridized carbons (Fsp3) is 0.500. The molecule has 0 heterocycles. The van der Waals surface area contributed by atoms with E-state index in [1.165, 1.54) is 18.2 Å². The van der Waals surface area contributed by atoms with E-state index in [0.29, 0.717) is 0 Å². The van der Waals surface area contributed by atoms with E-state index in [-0.39, 0.29) is 16.9 Å². The van der Waals surface area contributed by atoms with Gasteiger partial charge in [-0.3, -0.25) is 4.55 Å². The van der Waals surface area contributed by atoms with Crippen LogP contribution in [0.25, 0.3) is 0 Å². The monoisotopic (exact) mass is 374 g/mol. The maximum Gasteiger partial charge on any atom is 0.342 e. The molecule has 0 amide bonds. The second-order valence-corrected chi connectivity index (χ2v) is 7.30. The molecule has 9 heteroatoms. The van der Waals surface area contributed by atoms with Crippen LogP contribution < -0.4 is 4.74 Å². The summed E-state index contributed by atoms with van der Waals surface area (Å²) >= 11 is 0. The summed E-state index contributed by atoms with van der Waals surface area (Å²) < 4.78 is 46.0. The molecule has 0 aromatic heterocycles. The van der Waals surface area contributed by atoms with Crippen molar-refractivity contribution in [3.63, 3.8) is 0 Å². The molecule has 0 aliphatic carbocycles. The van der Waals surface area contributed by atoms with Crippen LogP contribution in [-0.4, -0.2) is 49.5 Å². The van der Waals surface area contributed by atoms with Crippen molar-refractivity contribution in [2.75, 3.05) is 12.4 Å². The minimum atomic E-state index is -4.26. The van der Waals surface area contributed by atoms with E-state index in [2.05, 4.69) is 0 Å². The van der Waals surface area contributed by atoms with Gasteiger partial charge in [0.05, 0.1) is 12.2 Å². The van der Waals surface area contributed by atoms with E-state index in [1.807, 2.05) is 0 Å². The maximum absolute atomic E-state index is 12.2. The Hall–Kier alpha value is -2.13. The number of hydrogen-bond acceptors (Lipinski definition) is 7. The first-order valence-electron chi connectivity index (χ1n) is 7.64. The average Bonchev–Trinajstić information content (AvgIpc) is 2.44. The molecule has 1 rings (SSSR count). The first-order chi connectivity index (χ1) is 11.5. The van der Waals surface area contributed by atoms with Crippen molar-refractivity contribution in [2.24, 2.45) is 0 Å². The van der Waals surface area contributed by atoms with Gasteiger partial charge in [0.25, 0.3) is 10.1 Å². The summed E-state index contributed by atoms with van der Waals surface area (Å²) in [5, 5.41) is 0. The Kier molecular flexibility index (Phi) is 7.38. The van der Waals surface area contributed by atoms with Crippen LogP contribution in [0.2, 0.25) is 0 Å². The fourth-order valence-corrected chi connectivity index (χ4v) is 2.11. The Labute approximate surface area is 146 Å². The van der Waals surface area contributed by atoms with Crippen molar-refractivity contribution in [3.05, 3.63) is 29.3 Å². The van der Waals surface area contributed by atoms with Crippen molar-refractivity contribution in [1.29, 1.82) is 0 Å². The average molecular weight is 374 g/mol. The van der Waals surface area contributed by atoms with Crippen molar-refractivity contribution < 1.29 is 36.8 Å². The number of carbonyl (C=O) groups excluding carboxylic acids is 2. The molecule has 0 aliphatic rings. The summed E-state index contributed by atoms with van der Waals surface area (Å²) in [6.07, 6.45) is -0.797. The van der Waals surface area contributed by atoms with Gasteiger partial charge in [-0.25, -0.2) is 9.59 Å². The fourth-order valence-electron chi connectivity index (χ4n) is 1.82. The van der Waals surface area contributed by atoms with Crippen molar-refractivity contribution in [1.82, 2.24) is 0 Å². The van der Waals surface area contributed by atoms with E-state index in [9.17, 15) is 18.0 Å². The van der Waals surface area contributed by atoms with Gasteiger partial charge in [0.1, 0.15) is 29.2 Å². The molecule has 0 radical (unpaired) electrons. The number of esters is 2. The second-order valence-electron chi connectivity index (χ2n) is 5.72. The molecule has 0 atom stereocenters. The number of ether oxygens (including phenoxy) is 3. The molecule has 1 N–H and O–H groups in total. The largest absolute Gasteiger partial charge is 0.491 e. The standard InChI is InChI=1S/C16H22O8S/c1-10(2)23-15(17)12-6-5-7-13(16(18)24-11(3)4)14(12)22-8-9-25(19,20)21/h5-7,10-11H,8-9H2,1-4H3,(H,19,20,21). The predicted octanol–water partition coefficient (Wildman–Crippen LogP) is 2.08. The van der Waals surface area contributed by atoms with E-state index in [0.717, 1.165) is 0 Å². The van der Waals surface area contributed by atoms with E-state index < -0.39 is 46.6 Å². The van der Waals surface area contributed by atoms with Gasteiger partial charge in [-0.15, -0.1) is 0 Å². The van der Waals surface area contributed by atoms with Gasteiger partial charge in [0.15, 0.2) is 0 Å². The maximum atomic E-state index is 12.2. The smallest absolute Gasteiger partial charge is 0.342 e. The van der Waals surface area contributed by atoms with Gasteiger partial charge in [-0.2, -0.15) is 8.42 Å². The highest BCUT2D eigenvalue weighted by Crippen LogP contribution is 2.26. The Morgan fingerprint density at radius 1 is 1.00 bits per heavy atom. The Balaban J connectivity index is 3.22. The molecule has 0 bridgehead atoms. The number of para-hydroxylation sites is 1. The molecule has 0 saturated carbocycles. The topological polar surface area (TPSA) is 116 Å². The number of rotatable bonds is 8. The van der Waals surface area contributed by atoms with Crippen LogP contribution in [0.1, 0.15) is 48.4 Å². The highest BCUT2D eigenvalue weighted by molar-refractivity contribution is 7.85. The first-order valence-corrected chi connectivity index (χ1v) is 9.25.